The quantitative estimate of drug-likeness (QED) is 0.362. The Hall–Kier alpha value is -1.53. The van der Waals surface area contributed by atoms with E-state index in [0.29, 0.717) is 6.61 Å². The van der Waals surface area contributed by atoms with Crippen molar-refractivity contribution in [3.8, 4) is 11.5 Å². The molecule has 0 heterocycles. The second kappa shape index (κ2) is 11.5. The van der Waals surface area contributed by atoms with E-state index in [9.17, 15) is 0 Å². The molecule has 0 unspecified atom stereocenters. The molecule has 148 valence electrons. The zero-order valence-corrected chi connectivity index (χ0v) is 19.4. The molecule has 3 nitrogen and oxygen atoms in total. The average molecular weight is 528 g/mol. The van der Waals surface area contributed by atoms with Crippen LogP contribution in [0.4, 0.5) is 0 Å². The Morgan fingerprint density at radius 3 is 2.14 bits per heavy atom. The fourth-order valence-corrected chi connectivity index (χ4v) is 4.28. The summed E-state index contributed by atoms with van der Waals surface area (Å²) in [4.78, 5) is 0. The molecular formula is C22H22Br2ClNO2. The second-order valence-electron chi connectivity index (χ2n) is 6.08. The van der Waals surface area contributed by atoms with Gasteiger partial charge >= 0.3 is 0 Å². The summed E-state index contributed by atoms with van der Waals surface area (Å²) in [5.41, 5.74) is 3.44. The topological polar surface area (TPSA) is 30.5 Å². The third kappa shape index (κ3) is 6.24. The van der Waals surface area contributed by atoms with Crippen LogP contribution in [0.25, 0.3) is 0 Å². The van der Waals surface area contributed by atoms with Crippen LogP contribution in [0.1, 0.15) is 16.7 Å². The lowest BCUT2D eigenvalue weighted by molar-refractivity contribution is 0.302. The molecule has 0 atom stereocenters. The predicted molar refractivity (Wildman–Crippen MR) is 123 cm³/mol. The summed E-state index contributed by atoms with van der Waals surface area (Å²) in [5.74, 6) is 1.71. The van der Waals surface area contributed by atoms with Gasteiger partial charge < -0.3 is 14.8 Å². The lowest BCUT2D eigenvalue weighted by Crippen LogP contribution is -2.13. The Labute approximate surface area is 189 Å². The van der Waals surface area contributed by atoms with Gasteiger partial charge in [-0.2, -0.15) is 0 Å². The summed E-state index contributed by atoms with van der Waals surface area (Å²) in [7, 11) is 1.70. The van der Waals surface area contributed by atoms with E-state index in [1.807, 2.05) is 36.4 Å². The monoisotopic (exact) mass is 525 g/mol. The van der Waals surface area contributed by atoms with E-state index in [2.05, 4.69) is 67.5 Å². The van der Waals surface area contributed by atoms with Crippen LogP contribution in [0.3, 0.4) is 0 Å². The average Bonchev–Trinajstić information content (AvgIpc) is 2.68. The molecule has 1 N–H and O–H groups in total. The van der Waals surface area contributed by atoms with Crippen molar-refractivity contribution in [3.05, 3.63) is 92.4 Å². The normalized spacial score (nSPS) is 10.2. The number of rotatable bonds is 8. The highest BCUT2D eigenvalue weighted by Crippen LogP contribution is 2.35. The van der Waals surface area contributed by atoms with Crippen molar-refractivity contribution in [2.24, 2.45) is 0 Å². The van der Waals surface area contributed by atoms with Crippen molar-refractivity contribution in [2.75, 3.05) is 7.11 Å². The van der Waals surface area contributed by atoms with Crippen LogP contribution in [0, 0.1) is 0 Å². The van der Waals surface area contributed by atoms with E-state index in [1.54, 1.807) is 7.11 Å². The molecule has 3 rings (SSSR count). The zero-order valence-electron chi connectivity index (χ0n) is 15.5. The molecule has 0 aromatic heterocycles. The van der Waals surface area contributed by atoms with E-state index < -0.39 is 0 Å². The van der Waals surface area contributed by atoms with Crippen LogP contribution in [-0.4, -0.2) is 7.11 Å². The first-order chi connectivity index (χ1) is 13.2. The number of benzene rings is 3. The molecule has 0 aliphatic carbocycles. The molecule has 3 aromatic rings. The second-order valence-corrected chi connectivity index (χ2v) is 7.79. The summed E-state index contributed by atoms with van der Waals surface area (Å²) in [6.45, 7) is 2.02. The Morgan fingerprint density at radius 2 is 1.46 bits per heavy atom. The van der Waals surface area contributed by atoms with Gasteiger partial charge in [0, 0.05) is 18.7 Å². The molecule has 0 aliphatic rings. The van der Waals surface area contributed by atoms with Crippen molar-refractivity contribution in [1.29, 1.82) is 0 Å². The molecule has 0 saturated carbocycles. The minimum atomic E-state index is 0. The van der Waals surface area contributed by atoms with Gasteiger partial charge in [-0.15, -0.1) is 12.4 Å². The molecule has 0 bridgehead atoms. The molecule has 0 spiro atoms. The molecule has 0 amide bonds. The Bertz CT molecular complexity index is 868. The van der Waals surface area contributed by atoms with Crippen LogP contribution in [-0.2, 0) is 19.7 Å². The summed E-state index contributed by atoms with van der Waals surface area (Å²) in [5, 5.41) is 3.46. The number of methoxy groups -OCH3 is 1. The maximum absolute atomic E-state index is 5.98. The van der Waals surface area contributed by atoms with E-state index >= 15 is 0 Å². The molecular weight excluding hydrogens is 506 g/mol. The molecule has 0 radical (unpaired) electrons. The maximum Gasteiger partial charge on any atom is 0.148 e. The fraction of sp³-hybridized carbons (Fsp3) is 0.182. The minimum Gasteiger partial charge on any atom is -0.496 e. The van der Waals surface area contributed by atoms with Gasteiger partial charge in [0.05, 0.1) is 16.1 Å². The van der Waals surface area contributed by atoms with Gasteiger partial charge in [0.15, 0.2) is 0 Å². The smallest absolute Gasteiger partial charge is 0.148 e. The summed E-state index contributed by atoms with van der Waals surface area (Å²) >= 11 is 7.26. The van der Waals surface area contributed by atoms with Crippen LogP contribution < -0.4 is 14.8 Å². The number of halogens is 3. The van der Waals surface area contributed by atoms with Crippen molar-refractivity contribution in [1.82, 2.24) is 5.32 Å². The van der Waals surface area contributed by atoms with Crippen LogP contribution >= 0.6 is 44.3 Å². The third-order valence-electron chi connectivity index (χ3n) is 4.12. The van der Waals surface area contributed by atoms with Crippen LogP contribution in [0.5, 0.6) is 11.5 Å². The highest BCUT2D eigenvalue weighted by Gasteiger charge is 2.10. The molecule has 0 aliphatic heterocycles. The zero-order chi connectivity index (χ0) is 19.1. The number of hydrogen-bond acceptors (Lipinski definition) is 3. The highest BCUT2D eigenvalue weighted by molar-refractivity contribution is 9.11. The van der Waals surface area contributed by atoms with Crippen LogP contribution in [0.2, 0.25) is 0 Å². The largest absolute Gasteiger partial charge is 0.496 e. The Morgan fingerprint density at radius 1 is 0.821 bits per heavy atom. The predicted octanol–water partition coefficient (Wildman–Crippen LogP) is 6.51. The lowest BCUT2D eigenvalue weighted by atomic mass is 10.2. The fourth-order valence-electron chi connectivity index (χ4n) is 2.77. The standard InChI is InChI=1S/C22H21Br2NO2.ClH/c1-26-21-10-6-5-9-18(21)14-25-13-17-11-19(23)22(20(24)12-17)27-15-16-7-3-2-4-8-16;/h2-12,25H,13-15H2,1H3;1H. The van der Waals surface area contributed by atoms with Gasteiger partial charge in [-0.25, -0.2) is 0 Å². The Kier molecular flexibility index (Phi) is 9.32. The lowest BCUT2D eigenvalue weighted by Gasteiger charge is -2.13. The van der Waals surface area contributed by atoms with Gasteiger partial charge in [0.25, 0.3) is 0 Å². The van der Waals surface area contributed by atoms with Crippen LogP contribution in [0.15, 0.2) is 75.7 Å². The summed E-state index contributed by atoms with van der Waals surface area (Å²) < 4.78 is 13.2. The van der Waals surface area contributed by atoms with Crippen molar-refractivity contribution >= 4 is 44.3 Å². The van der Waals surface area contributed by atoms with Crippen molar-refractivity contribution in [2.45, 2.75) is 19.7 Å². The van der Waals surface area contributed by atoms with Gasteiger partial charge in [-0.1, -0.05) is 48.5 Å². The first kappa shape index (κ1) is 22.8. The van der Waals surface area contributed by atoms with E-state index in [0.717, 1.165) is 50.2 Å². The SMILES string of the molecule is COc1ccccc1CNCc1cc(Br)c(OCc2ccccc2)c(Br)c1.Cl. The number of hydrogen-bond donors (Lipinski definition) is 1. The van der Waals surface area contributed by atoms with Gasteiger partial charge in [-0.05, 0) is 61.2 Å². The first-order valence-corrected chi connectivity index (χ1v) is 10.2. The molecule has 6 heteroatoms. The van der Waals surface area contributed by atoms with Crippen molar-refractivity contribution in [3.63, 3.8) is 0 Å². The van der Waals surface area contributed by atoms with Gasteiger partial charge in [0.1, 0.15) is 18.1 Å². The molecule has 0 fully saturated rings. The van der Waals surface area contributed by atoms with Gasteiger partial charge in [-0.3, -0.25) is 0 Å². The molecule has 28 heavy (non-hydrogen) atoms. The number of para-hydroxylation sites is 1. The van der Waals surface area contributed by atoms with Crippen molar-refractivity contribution < 1.29 is 9.47 Å². The Balaban J connectivity index is 0.00000280. The number of ether oxygens (including phenoxy) is 2. The third-order valence-corrected chi connectivity index (χ3v) is 5.30. The van der Waals surface area contributed by atoms with Gasteiger partial charge in [0.2, 0.25) is 0 Å². The van der Waals surface area contributed by atoms with E-state index in [1.165, 1.54) is 0 Å². The minimum absolute atomic E-state index is 0. The highest BCUT2D eigenvalue weighted by atomic mass is 79.9. The molecule has 3 aromatic carbocycles. The number of nitrogens with one attached hydrogen (secondary N) is 1. The maximum atomic E-state index is 5.98. The summed E-state index contributed by atoms with van der Waals surface area (Å²) in [6.07, 6.45) is 0. The molecule has 0 saturated heterocycles. The summed E-state index contributed by atoms with van der Waals surface area (Å²) in [6, 6.07) is 22.3. The first-order valence-electron chi connectivity index (χ1n) is 8.64. The van der Waals surface area contributed by atoms with E-state index in [-0.39, 0.29) is 12.4 Å². The van der Waals surface area contributed by atoms with E-state index in [4.69, 9.17) is 9.47 Å².